The molecule has 0 aliphatic carbocycles. The molecule has 2 amide bonds. The number of nitrogens with one attached hydrogen (secondary N) is 1. The number of halogens is 1. The summed E-state index contributed by atoms with van der Waals surface area (Å²) in [5.41, 5.74) is 1.22. The number of likely N-dealkylation sites (tertiary alicyclic amines) is 1. The number of amides is 2. The van der Waals surface area contributed by atoms with Gasteiger partial charge in [-0.25, -0.2) is 14.8 Å². The van der Waals surface area contributed by atoms with Crippen molar-refractivity contribution in [2.75, 3.05) is 19.6 Å². The van der Waals surface area contributed by atoms with Crippen LogP contribution in [0.5, 0.6) is 6.01 Å². The van der Waals surface area contributed by atoms with Gasteiger partial charge in [0, 0.05) is 31.9 Å². The second-order valence-corrected chi connectivity index (χ2v) is 6.54. The number of rotatable bonds is 5. The van der Waals surface area contributed by atoms with Gasteiger partial charge in [-0.2, -0.15) is 0 Å². The molecule has 1 atom stereocenters. The van der Waals surface area contributed by atoms with Crippen molar-refractivity contribution in [3.63, 3.8) is 0 Å². The standard InChI is InChI=1S/C17H19BrN4O2/c18-14-10-20-16(21-11-14)24-15-7-9-22(12-15)17(23)19-8-6-13-4-2-1-3-5-13/h1-5,10-11,15H,6-9,12H2,(H,19,23)/t15-/m1/s1. The van der Waals surface area contributed by atoms with E-state index in [1.807, 2.05) is 18.2 Å². The van der Waals surface area contributed by atoms with Crippen LogP contribution in [0.2, 0.25) is 0 Å². The Bertz CT molecular complexity index is 666. The van der Waals surface area contributed by atoms with E-state index >= 15 is 0 Å². The van der Waals surface area contributed by atoms with Gasteiger partial charge in [0.25, 0.3) is 0 Å². The van der Waals surface area contributed by atoms with Gasteiger partial charge in [-0.05, 0) is 27.9 Å². The van der Waals surface area contributed by atoms with Gasteiger partial charge in [-0.3, -0.25) is 0 Å². The van der Waals surface area contributed by atoms with E-state index in [1.54, 1.807) is 17.3 Å². The predicted molar refractivity (Wildman–Crippen MR) is 93.9 cm³/mol. The molecular formula is C17H19BrN4O2. The number of carbonyl (C=O) groups is 1. The van der Waals surface area contributed by atoms with Crippen molar-refractivity contribution in [1.29, 1.82) is 0 Å². The molecule has 1 aromatic carbocycles. The molecule has 1 saturated heterocycles. The summed E-state index contributed by atoms with van der Waals surface area (Å²) in [5.74, 6) is 0. The highest BCUT2D eigenvalue weighted by Gasteiger charge is 2.28. The molecule has 0 bridgehead atoms. The SMILES string of the molecule is O=C(NCCc1ccccc1)N1CC[C@@H](Oc2ncc(Br)cn2)C1. The fraction of sp³-hybridized carbons (Fsp3) is 0.353. The summed E-state index contributed by atoms with van der Waals surface area (Å²) in [6, 6.07) is 10.4. The maximum absolute atomic E-state index is 12.2. The molecule has 2 heterocycles. The molecule has 1 aliphatic rings. The van der Waals surface area contributed by atoms with E-state index in [0.717, 1.165) is 17.3 Å². The molecule has 0 radical (unpaired) electrons. The fourth-order valence-corrected chi connectivity index (χ4v) is 2.79. The highest BCUT2D eigenvalue weighted by Crippen LogP contribution is 2.16. The van der Waals surface area contributed by atoms with E-state index in [9.17, 15) is 4.79 Å². The minimum absolute atomic E-state index is 0.0474. The Kier molecular flexibility index (Phi) is 5.63. The molecule has 1 fully saturated rings. The lowest BCUT2D eigenvalue weighted by Crippen LogP contribution is -2.40. The molecule has 126 valence electrons. The Balaban J connectivity index is 1.41. The number of carbonyl (C=O) groups excluding carboxylic acids is 1. The van der Waals surface area contributed by atoms with Crippen molar-refractivity contribution in [3.8, 4) is 6.01 Å². The second kappa shape index (κ2) is 8.10. The van der Waals surface area contributed by atoms with E-state index in [0.29, 0.717) is 25.6 Å². The van der Waals surface area contributed by atoms with Crippen LogP contribution in [-0.2, 0) is 6.42 Å². The van der Waals surface area contributed by atoms with Crippen molar-refractivity contribution < 1.29 is 9.53 Å². The molecule has 1 aliphatic heterocycles. The number of nitrogens with zero attached hydrogens (tertiary/aromatic N) is 3. The second-order valence-electron chi connectivity index (χ2n) is 5.63. The van der Waals surface area contributed by atoms with E-state index in [1.165, 1.54) is 5.56 Å². The van der Waals surface area contributed by atoms with Crippen LogP contribution in [0.1, 0.15) is 12.0 Å². The zero-order chi connectivity index (χ0) is 16.8. The normalized spacial score (nSPS) is 16.9. The average Bonchev–Trinajstić information content (AvgIpc) is 3.06. The van der Waals surface area contributed by atoms with Crippen LogP contribution in [0.3, 0.4) is 0 Å². The van der Waals surface area contributed by atoms with Crippen LogP contribution in [-0.4, -0.2) is 46.6 Å². The summed E-state index contributed by atoms with van der Waals surface area (Å²) >= 11 is 3.29. The van der Waals surface area contributed by atoms with Crippen molar-refractivity contribution in [1.82, 2.24) is 20.2 Å². The van der Waals surface area contributed by atoms with Gasteiger partial charge in [0.1, 0.15) is 6.10 Å². The first-order valence-corrected chi connectivity index (χ1v) is 8.71. The van der Waals surface area contributed by atoms with Crippen LogP contribution >= 0.6 is 15.9 Å². The number of hydrogen-bond donors (Lipinski definition) is 1. The smallest absolute Gasteiger partial charge is 0.317 e. The third-order valence-electron chi connectivity index (χ3n) is 3.83. The van der Waals surface area contributed by atoms with Crippen molar-refractivity contribution in [2.24, 2.45) is 0 Å². The summed E-state index contributed by atoms with van der Waals surface area (Å²) in [6.45, 7) is 1.86. The van der Waals surface area contributed by atoms with Gasteiger partial charge in [0.15, 0.2) is 0 Å². The van der Waals surface area contributed by atoms with E-state index in [2.05, 4.69) is 43.3 Å². The van der Waals surface area contributed by atoms with Crippen LogP contribution in [0.4, 0.5) is 4.79 Å². The van der Waals surface area contributed by atoms with Gasteiger partial charge < -0.3 is 15.0 Å². The minimum atomic E-state index is -0.0638. The van der Waals surface area contributed by atoms with Crippen molar-refractivity contribution in [2.45, 2.75) is 18.9 Å². The van der Waals surface area contributed by atoms with Crippen molar-refractivity contribution in [3.05, 3.63) is 52.8 Å². The first kappa shape index (κ1) is 16.7. The zero-order valence-electron chi connectivity index (χ0n) is 13.2. The summed E-state index contributed by atoms with van der Waals surface area (Å²) in [5, 5.41) is 2.96. The van der Waals surface area contributed by atoms with Gasteiger partial charge >= 0.3 is 12.0 Å². The monoisotopic (exact) mass is 390 g/mol. The largest absolute Gasteiger partial charge is 0.458 e. The third kappa shape index (κ3) is 4.67. The maximum Gasteiger partial charge on any atom is 0.317 e. The molecule has 6 nitrogen and oxygen atoms in total. The topological polar surface area (TPSA) is 67.4 Å². The molecule has 0 saturated carbocycles. The molecule has 0 spiro atoms. The highest BCUT2D eigenvalue weighted by molar-refractivity contribution is 9.10. The summed E-state index contributed by atoms with van der Waals surface area (Å²) < 4.78 is 6.53. The fourth-order valence-electron chi connectivity index (χ4n) is 2.59. The van der Waals surface area contributed by atoms with Crippen LogP contribution in [0.25, 0.3) is 0 Å². The molecule has 0 unspecified atom stereocenters. The minimum Gasteiger partial charge on any atom is -0.458 e. The molecule has 2 aromatic rings. The Morgan fingerprint density at radius 1 is 1.29 bits per heavy atom. The Hall–Kier alpha value is -2.15. The lowest BCUT2D eigenvalue weighted by Gasteiger charge is -2.17. The van der Waals surface area contributed by atoms with E-state index < -0.39 is 0 Å². The molecule has 1 aromatic heterocycles. The van der Waals surface area contributed by atoms with Crippen LogP contribution in [0, 0.1) is 0 Å². The number of hydrogen-bond acceptors (Lipinski definition) is 4. The predicted octanol–water partition coefficient (Wildman–Crippen LogP) is 2.64. The summed E-state index contributed by atoms with van der Waals surface area (Å²) in [6.07, 6.45) is 4.83. The average molecular weight is 391 g/mol. The summed E-state index contributed by atoms with van der Waals surface area (Å²) in [4.78, 5) is 22.2. The first-order valence-electron chi connectivity index (χ1n) is 7.91. The van der Waals surface area contributed by atoms with E-state index in [-0.39, 0.29) is 12.1 Å². The quantitative estimate of drug-likeness (QED) is 0.851. The summed E-state index contributed by atoms with van der Waals surface area (Å²) in [7, 11) is 0. The molecule has 24 heavy (non-hydrogen) atoms. The first-order chi connectivity index (χ1) is 11.7. The number of benzene rings is 1. The number of ether oxygens (including phenoxy) is 1. The Morgan fingerprint density at radius 2 is 2.04 bits per heavy atom. The maximum atomic E-state index is 12.2. The number of aromatic nitrogens is 2. The van der Waals surface area contributed by atoms with Gasteiger partial charge in [0.05, 0.1) is 11.0 Å². The highest BCUT2D eigenvalue weighted by atomic mass is 79.9. The zero-order valence-corrected chi connectivity index (χ0v) is 14.8. The van der Waals surface area contributed by atoms with Gasteiger partial charge in [0.2, 0.25) is 0 Å². The Morgan fingerprint density at radius 3 is 2.79 bits per heavy atom. The van der Waals surface area contributed by atoms with Gasteiger partial charge in [-0.15, -0.1) is 0 Å². The van der Waals surface area contributed by atoms with Crippen LogP contribution in [0.15, 0.2) is 47.2 Å². The lowest BCUT2D eigenvalue weighted by molar-refractivity contribution is 0.178. The molecule has 7 heteroatoms. The van der Waals surface area contributed by atoms with Crippen LogP contribution < -0.4 is 10.1 Å². The molecular weight excluding hydrogens is 372 g/mol. The molecule has 1 N–H and O–H groups in total. The van der Waals surface area contributed by atoms with Crippen molar-refractivity contribution >= 4 is 22.0 Å². The number of urea groups is 1. The third-order valence-corrected chi connectivity index (χ3v) is 4.24. The lowest BCUT2D eigenvalue weighted by atomic mass is 10.1. The molecule has 3 rings (SSSR count). The van der Waals surface area contributed by atoms with Gasteiger partial charge in [-0.1, -0.05) is 30.3 Å². The van der Waals surface area contributed by atoms with E-state index in [4.69, 9.17) is 4.74 Å². The Labute approximate surface area is 149 Å².